The number of carbonyl (C=O) groups is 2. The molecule has 0 saturated carbocycles. The van der Waals surface area contributed by atoms with Crippen LogP contribution in [0.15, 0.2) is 87.9 Å². The predicted octanol–water partition coefficient (Wildman–Crippen LogP) is 3.08. The Hall–Kier alpha value is -3.98. The Morgan fingerprint density at radius 2 is 1.78 bits per heavy atom. The molecule has 2 aliphatic rings. The highest BCUT2D eigenvalue weighted by atomic mass is 32.2. The Bertz CT molecular complexity index is 1410. The van der Waals surface area contributed by atoms with Crippen LogP contribution in [-0.2, 0) is 16.3 Å². The molecule has 0 radical (unpaired) electrons. The van der Waals surface area contributed by atoms with Gasteiger partial charge in [0.2, 0.25) is 9.84 Å². The van der Waals surface area contributed by atoms with Crippen LogP contribution >= 0.6 is 0 Å². The summed E-state index contributed by atoms with van der Waals surface area (Å²) >= 11 is 0. The molecule has 2 aliphatic heterocycles. The van der Waals surface area contributed by atoms with Gasteiger partial charge in [-0.25, -0.2) is 13.2 Å². The Labute approximate surface area is 183 Å². The zero-order valence-electron chi connectivity index (χ0n) is 16.7. The van der Waals surface area contributed by atoms with E-state index < -0.39 is 15.9 Å². The lowest BCUT2D eigenvalue weighted by molar-refractivity contribution is 0.0989. The van der Waals surface area contributed by atoms with E-state index in [4.69, 9.17) is 0 Å². The molecule has 2 aromatic carbocycles. The number of pyridine rings is 1. The minimum atomic E-state index is -4.10. The molecule has 0 fully saturated rings. The van der Waals surface area contributed by atoms with Crippen molar-refractivity contribution in [3.05, 3.63) is 89.7 Å². The normalized spacial score (nSPS) is 15.4. The first kappa shape index (κ1) is 20.0. The molecule has 0 atom stereocenters. The second-order valence-electron chi connectivity index (χ2n) is 7.27. The number of carbonyl (C=O) groups excluding carboxylic acids is 2. The largest absolute Gasteiger partial charge is 0.369 e. The fourth-order valence-corrected chi connectivity index (χ4v) is 5.18. The second kappa shape index (κ2) is 7.61. The summed E-state index contributed by atoms with van der Waals surface area (Å²) in [6.45, 7) is 0.433. The van der Waals surface area contributed by atoms with Crippen LogP contribution in [0.3, 0.4) is 0 Å². The van der Waals surface area contributed by atoms with Crippen molar-refractivity contribution >= 4 is 38.2 Å². The molecule has 3 amide bonds. The van der Waals surface area contributed by atoms with Crippen molar-refractivity contribution in [2.75, 3.05) is 11.4 Å². The number of aromatic nitrogens is 1. The van der Waals surface area contributed by atoms with Gasteiger partial charge in [0.15, 0.2) is 5.04 Å². The number of aliphatic imine (C=N–C) groups is 2. The summed E-state index contributed by atoms with van der Waals surface area (Å²) in [6.07, 6.45) is 3.60. The van der Waals surface area contributed by atoms with Gasteiger partial charge in [-0.2, -0.15) is 9.98 Å². The van der Waals surface area contributed by atoms with Gasteiger partial charge in [0.1, 0.15) is 5.71 Å². The maximum atomic E-state index is 13.3. The zero-order chi connectivity index (χ0) is 22.3. The van der Waals surface area contributed by atoms with Gasteiger partial charge in [-0.05, 0) is 42.3 Å². The van der Waals surface area contributed by atoms with E-state index in [0.717, 1.165) is 5.56 Å². The molecule has 0 spiro atoms. The van der Waals surface area contributed by atoms with Crippen molar-refractivity contribution in [3.8, 4) is 0 Å². The second-order valence-corrected chi connectivity index (χ2v) is 9.13. The molecule has 8 nitrogen and oxygen atoms in total. The highest BCUT2D eigenvalue weighted by molar-refractivity contribution is 8.08. The molecule has 0 saturated heterocycles. The van der Waals surface area contributed by atoms with Gasteiger partial charge in [-0.15, -0.1) is 0 Å². The molecule has 3 aromatic rings. The Kier molecular flexibility index (Phi) is 4.75. The molecule has 0 aliphatic carbocycles. The average Bonchev–Trinajstić information content (AvgIpc) is 3.43. The standard InChI is InChI=1S/C23H16N4O4S/c28-22(17-7-4-11-24-14-17)27-12-10-16-13-18(8-9-19(16)27)32(30,31)21-20(25-23(29)26-21)15-5-2-1-3-6-15/h1-9,11,13-14H,10,12H2. The molecular weight excluding hydrogens is 428 g/mol. The fraction of sp³-hybridized carbons (Fsp3) is 0.0870. The fourth-order valence-electron chi connectivity index (χ4n) is 3.79. The van der Waals surface area contributed by atoms with E-state index in [0.29, 0.717) is 29.8 Å². The van der Waals surface area contributed by atoms with Crippen LogP contribution < -0.4 is 4.90 Å². The third-order valence-electron chi connectivity index (χ3n) is 5.32. The first-order chi connectivity index (χ1) is 15.4. The number of hydrogen-bond acceptors (Lipinski definition) is 5. The summed E-state index contributed by atoms with van der Waals surface area (Å²) in [5.41, 5.74) is 2.37. The zero-order valence-corrected chi connectivity index (χ0v) is 17.5. The summed E-state index contributed by atoms with van der Waals surface area (Å²) in [7, 11) is -4.10. The smallest absolute Gasteiger partial charge is 0.308 e. The van der Waals surface area contributed by atoms with E-state index in [2.05, 4.69) is 15.0 Å². The number of sulfone groups is 1. The molecule has 0 unspecified atom stereocenters. The lowest BCUT2D eigenvalue weighted by Gasteiger charge is -2.17. The van der Waals surface area contributed by atoms with Crippen LogP contribution in [0.25, 0.3) is 0 Å². The first-order valence-corrected chi connectivity index (χ1v) is 11.3. The van der Waals surface area contributed by atoms with Gasteiger partial charge in [-0.3, -0.25) is 9.78 Å². The molecule has 32 heavy (non-hydrogen) atoms. The van der Waals surface area contributed by atoms with Crippen LogP contribution in [0.1, 0.15) is 21.5 Å². The average molecular weight is 444 g/mol. The monoisotopic (exact) mass is 444 g/mol. The third kappa shape index (κ3) is 3.32. The summed E-state index contributed by atoms with van der Waals surface area (Å²) in [5.74, 6) is -0.197. The van der Waals surface area contributed by atoms with Gasteiger partial charge < -0.3 is 4.90 Å². The third-order valence-corrected chi connectivity index (χ3v) is 6.99. The summed E-state index contributed by atoms with van der Waals surface area (Å²) in [4.78, 5) is 37.8. The number of amides is 3. The first-order valence-electron chi connectivity index (χ1n) is 9.82. The number of fused-ring (bicyclic) bond motifs is 1. The van der Waals surface area contributed by atoms with Crippen molar-refractivity contribution in [1.29, 1.82) is 0 Å². The van der Waals surface area contributed by atoms with E-state index in [1.807, 2.05) is 0 Å². The van der Waals surface area contributed by atoms with Crippen LogP contribution in [0.4, 0.5) is 10.5 Å². The number of urea groups is 1. The topological polar surface area (TPSA) is 109 Å². The van der Waals surface area contributed by atoms with Crippen molar-refractivity contribution in [3.63, 3.8) is 0 Å². The summed E-state index contributed by atoms with van der Waals surface area (Å²) in [5, 5.41) is -0.366. The maximum absolute atomic E-state index is 13.3. The minimum absolute atomic E-state index is 0.00371. The van der Waals surface area contributed by atoms with Crippen molar-refractivity contribution in [2.24, 2.45) is 9.98 Å². The summed E-state index contributed by atoms with van der Waals surface area (Å²) in [6, 6.07) is 15.7. The van der Waals surface area contributed by atoms with E-state index in [1.165, 1.54) is 18.3 Å². The van der Waals surface area contributed by atoms with E-state index >= 15 is 0 Å². The van der Waals surface area contributed by atoms with Crippen molar-refractivity contribution < 1.29 is 18.0 Å². The number of rotatable bonds is 3. The molecular formula is C23H16N4O4S. The SMILES string of the molecule is O=C1N=C(c2ccccc2)C(S(=O)(=O)c2ccc3c(c2)CCN3C(=O)c2cccnc2)=N1. The Morgan fingerprint density at radius 1 is 0.969 bits per heavy atom. The summed E-state index contributed by atoms with van der Waals surface area (Å²) < 4.78 is 26.7. The van der Waals surface area contributed by atoms with E-state index in [9.17, 15) is 18.0 Å². The highest BCUT2D eigenvalue weighted by Crippen LogP contribution is 2.32. The molecule has 5 rings (SSSR count). The Morgan fingerprint density at radius 3 is 2.53 bits per heavy atom. The van der Waals surface area contributed by atoms with Crippen LogP contribution in [0.5, 0.6) is 0 Å². The predicted molar refractivity (Wildman–Crippen MR) is 119 cm³/mol. The van der Waals surface area contributed by atoms with Gasteiger partial charge in [-0.1, -0.05) is 30.3 Å². The molecule has 0 bridgehead atoms. The molecule has 1 aromatic heterocycles. The minimum Gasteiger partial charge on any atom is -0.308 e. The van der Waals surface area contributed by atoms with Gasteiger partial charge in [0, 0.05) is 30.2 Å². The molecule has 158 valence electrons. The van der Waals surface area contributed by atoms with Gasteiger partial charge >= 0.3 is 6.03 Å². The van der Waals surface area contributed by atoms with Gasteiger partial charge in [0.05, 0.1) is 10.5 Å². The number of nitrogens with zero attached hydrogens (tertiary/aromatic N) is 4. The van der Waals surface area contributed by atoms with Gasteiger partial charge in [0.25, 0.3) is 5.91 Å². The Balaban J connectivity index is 1.49. The molecule has 3 heterocycles. The lowest BCUT2D eigenvalue weighted by Crippen LogP contribution is -2.29. The lowest BCUT2D eigenvalue weighted by atomic mass is 10.1. The molecule has 9 heteroatoms. The number of benzene rings is 2. The molecule has 0 N–H and O–H groups in total. The maximum Gasteiger partial charge on any atom is 0.369 e. The van der Waals surface area contributed by atoms with E-state index in [-0.39, 0.29) is 21.6 Å². The van der Waals surface area contributed by atoms with Crippen molar-refractivity contribution in [1.82, 2.24) is 4.98 Å². The number of hydrogen-bond donors (Lipinski definition) is 0. The van der Waals surface area contributed by atoms with Crippen LogP contribution in [0.2, 0.25) is 0 Å². The van der Waals surface area contributed by atoms with E-state index in [1.54, 1.807) is 59.6 Å². The number of anilines is 1. The van der Waals surface area contributed by atoms with Crippen LogP contribution in [0, 0.1) is 0 Å². The highest BCUT2D eigenvalue weighted by Gasteiger charge is 2.35. The van der Waals surface area contributed by atoms with Crippen molar-refractivity contribution in [2.45, 2.75) is 11.3 Å². The van der Waals surface area contributed by atoms with Crippen LogP contribution in [-0.4, -0.2) is 42.6 Å². The quantitative estimate of drug-likeness (QED) is 0.617.